The fourth-order valence-electron chi connectivity index (χ4n) is 3.69. The second-order valence-electron chi connectivity index (χ2n) is 7.51. The van der Waals surface area contributed by atoms with E-state index in [-0.39, 0.29) is 23.9 Å². The quantitative estimate of drug-likeness (QED) is 0.578. The minimum absolute atomic E-state index is 0.249. The van der Waals surface area contributed by atoms with Gasteiger partial charge in [0, 0.05) is 43.1 Å². The second kappa shape index (κ2) is 8.52. The maximum Gasteiger partial charge on any atom is 0.573 e. The second-order valence-corrected chi connectivity index (χ2v) is 7.51. The van der Waals surface area contributed by atoms with E-state index in [1.165, 1.54) is 41.3 Å². The van der Waals surface area contributed by atoms with Crippen LogP contribution in [0.4, 0.5) is 24.5 Å². The summed E-state index contributed by atoms with van der Waals surface area (Å²) in [5.41, 5.74) is 1.69. The molecule has 3 aromatic rings. The molecule has 0 radical (unpaired) electrons. The van der Waals surface area contributed by atoms with Gasteiger partial charge in [-0.2, -0.15) is 0 Å². The maximum absolute atomic E-state index is 12.7. The largest absolute Gasteiger partial charge is 0.573 e. The molecule has 9 nitrogen and oxygen atoms in total. The molecule has 1 saturated heterocycles. The van der Waals surface area contributed by atoms with E-state index in [0.717, 1.165) is 0 Å². The van der Waals surface area contributed by atoms with Crippen molar-refractivity contribution in [3.05, 3.63) is 53.0 Å². The number of H-pyrrole nitrogens is 1. The first-order valence-electron chi connectivity index (χ1n) is 9.94. The summed E-state index contributed by atoms with van der Waals surface area (Å²) >= 11 is 0. The van der Waals surface area contributed by atoms with E-state index in [0.29, 0.717) is 30.0 Å². The van der Waals surface area contributed by atoms with Gasteiger partial charge < -0.3 is 24.3 Å². The van der Waals surface area contributed by atoms with Crippen molar-refractivity contribution < 1.29 is 31.9 Å². The van der Waals surface area contributed by atoms with E-state index in [4.69, 9.17) is 4.42 Å². The van der Waals surface area contributed by atoms with Gasteiger partial charge in [-0.3, -0.25) is 14.6 Å². The Kier molecular flexibility index (Phi) is 5.75. The summed E-state index contributed by atoms with van der Waals surface area (Å²) < 4.78 is 45.8. The number of carbonyl (C=O) groups excluding carboxylic acids is 2. The van der Waals surface area contributed by atoms with Crippen LogP contribution in [0.1, 0.15) is 6.92 Å². The van der Waals surface area contributed by atoms with Crippen molar-refractivity contribution in [2.24, 2.45) is 0 Å². The molecular weight excluding hydrogens is 445 g/mol. The van der Waals surface area contributed by atoms with Crippen molar-refractivity contribution in [1.82, 2.24) is 9.88 Å². The van der Waals surface area contributed by atoms with E-state index < -0.39 is 23.9 Å². The number of aromatic nitrogens is 1. The SMILES string of the molecule is C[C@@H]1CN(c2ccc(OC(F)(F)F)cc2)CCN1C(=O)C(=O)Nc1ccc2[nH]c(=O)oc2c1. The zero-order valence-electron chi connectivity index (χ0n) is 17.3. The van der Waals surface area contributed by atoms with Gasteiger partial charge in [0.25, 0.3) is 0 Å². The Morgan fingerprint density at radius 3 is 2.55 bits per heavy atom. The summed E-state index contributed by atoms with van der Waals surface area (Å²) in [4.78, 5) is 42.2. The summed E-state index contributed by atoms with van der Waals surface area (Å²) in [6.07, 6.45) is -4.76. The Labute approximate surface area is 184 Å². The van der Waals surface area contributed by atoms with Gasteiger partial charge in [0.1, 0.15) is 5.75 Å². The molecule has 0 spiro atoms. The summed E-state index contributed by atoms with van der Waals surface area (Å²) in [7, 11) is 0. The van der Waals surface area contributed by atoms with E-state index in [1.54, 1.807) is 13.0 Å². The molecule has 2 amide bonds. The third-order valence-corrected chi connectivity index (χ3v) is 5.20. The van der Waals surface area contributed by atoms with Gasteiger partial charge in [-0.25, -0.2) is 4.79 Å². The maximum atomic E-state index is 12.7. The van der Waals surface area contributed by atoms with Crippen molar-refractivity contribution in [2.45, 2.75) is 19.3 Å². The van der Waals surface area contributed by atoms with Gasteiger partial charge in [-0.15, -0.1) is 13.2 Å². The van der Waals surface area contributed by atoms with Crippen LogP contribution in [-0.2, 0) is 9.59 Å². The number of oxazole rings is 1. The number of rotatable bonds is 3. The number of amides is 2. The van der Waals surface area contributed by atoms with Crippen LogP contribution in [0.2, 0.25) is 0 Å². The average Bonchev–Trinajstić information content (AvgIpc) is 3.12. The molecule has 0 unspecified atom stereocenters. The van der Waals surface area contributed by atoms with Crippen LogP contribution >= 0.6 is 0 Å². The average molecular weight is 464 g/mol. The minimum atomic E-state index is -4.76. The van der Waals surface area contributed by atoms with Gasteiger partial charge in [0.2, 0.25) is 0 Å². The first-order valence-corrected chi connectivity index (χ1v) is 9.94. The Balaban J connectivity index is 1.37. The Morgan fingerprint density at radius 1 is 1.15 bits per heavy atom. The number of carbonyl (C=O) groups is 2. The first-order chi connectivity index (χ1) is 15.6. The molecule has 12 heteroatoms. The Morgan fingerprint density at radius 2 is 1.88 bits per heavy atom. The van der Waals surface area contributed by atoms with Crippen molar-refractivity contribution in [3.8, 4) is 5.75 Å². The van der Waals surface area contributed by atoms with Gasteiger partial charge >= 0.3 is 23.9 Å². The molecule has 1 fully saturated rings. The number of halogens is 3. The predicted octanol–water partition coefficient (Wildman–Crippen LogP) is 2.70. The van der Waals surface area contributed by atoms with Crippen molar-refractivity contribution in [1.29, 1.82) is 0 Å². The van der Waals surface area contributed by atoms with Crippen LogP contribution in [-0.4, -0.2) is 53.7 Å². The smallest absolute Gasteiger partial charge is 0.408 e. The van der Waals surface area contributed by atoms with Crippen LogP contribution in [0.3, 0.4) is 0 Å². The lowest BCUT2D eigenvalue weighted by Crippen LogP contribution is -2.56. The van der Waals surface area contributed by atoms with Gasteiger partial charge in [0.05, 0.1) is 5.52 Å². The summed E-state index contributed by atoms with van der Waals surface area (Å²) in [6, 6.07) is 9.66. The zero-order chi connectivity index (χ0) is 23.8. The number of aromatic amines is 1. The molecule has 1 atom stereocenters. The minimum Gasteiger partial charge on any atom is -0.408 e. The molecule has 4 rings (SSSR count). The summed E-state index contributed by atoms with van der Waals surface area (Å²) in [5, 5.41) is 2.50. The third kappa shape index (κ3) is 5.10. The van der Waals surface area contributed by atoms with Crippen LogP contribution in [0, 0.1) is 0 Å². The van der Waals surface area contributed by atoms with E-state index in [9.17, 15) is 27.6 Å². The molecule has 1 aliphatic rings. The number of hydrogen-bond acceptors (Lipinski definition) is 6. The monoisotopic (exact) mass is 464 g/mol. The fraction of sp³-hybridized carbons (Fsp3) is 0.286. The number of benzene rings is 2. The van der Waals surface area contributed by atoms with Crippen LogP contribution in [0.15, 0.2) is 51.7 Å². The molecule has 0 bridgehead atoms. The number of nitrogens with one attached hydrogen (secondary N) is 2. The van der Waals surface area contributed by atoms with E-state index in [2.05, 4.69) is 15.0 Å². The summed E-state index contributed by atoms with van der Waals surface area (Å²) in [5.74, 6) is -2.49. The zero-order valence-corrected chi connectivity index (χ0v) is 17.3. The molecular formula is C21H19F3N4O5. The van der Waals surface area contributed by atoms with Crippen LogP contribution < -0.4 is 20.7 Å². The van der Waals surface area contributed by atoms with Crippen LogP contribution in [0.25, 0.3) is 11.1 Å². The highest BCUT2D eigenvalue weighted by molar-refractivity contribution is 6.39. The van der Waals surface area contributed by atoms with Gasteiger partial charge in [0.15, 0.2) is 5.58 Å². The first kappa shape index (κ1) is 22.2. The molecule has 2 N–H and O–H groups in total. The molecule has 0 aliphatic carbocycles. The fourth-order valence-corrected chi connectivity index (χ4v) is 3.69. The molecule has 0 saturated carbocycles. The van der Waals surface area contributed by atoms with Crippen LogP contribution in [0.5, 0.6) is 5.75 Å². The number of alkyl halides is 3. The highest BCUT2D eigenvalue weighted by Gasteiger charge is 2.32. The number of hydrogen-bond donors (Lipinski definition) is 2. The molecule has 33 heavy (non-hydrogen) atoms. The number of anilines is 2. The lowest BCUT2D eigenvalue weighted by molar-refractivity contribution is -0.274. The lowest BCUT2D eigenvalue weighted by Gasteiger charge is -2.40. The van der Waals surface area contributed by atoms with E-state index >= 15 is 0 Å². The molecule has 2 heterocycles. The molecule has 1 aliphatic heterocycles. The normalized spacial score (nSPS) is 16.7. The van der Waals surface area contributed by atoms with Gasteiger partial charge in [-0.05, 0) is 43.3 Å². The number of ether oxygens (including phenoxy) is 1. The summed E-state index contributed by atoms with van der Waals surface area (Å²) in [6.45, 7) is 2.81. The van der Waals surface area contributed by atoms with Crippen molar-refractivity contribution in [2.75, 3.05) is 29.9 Å². The number of fused-ring (bicyclic) bond motifs is 1. The van der Waals surface area contributed by atoms with Gasteiger partial charge in [-0.1, -0.05) is 0 Å². The molecule has 174 valence electrons. The van der Waals surface area contributed by atoms with Crippen molar-refractivity contribution in [3.63, 3.8) is 0 Å². The number of piperazine rings is 1. The standard InChI is InChI=1S/C21H19F3N4O5/c1-12-11-27(14-3-5-15(6-4-14)33-21(22,23)24)8-9-28(12)19(30)18(29)25-13-2-7-16-17(10-13)32-20(31)26-16/h2-7,10,12H,8-9,11H2,1H3,(H,25,29)(H,26,31)/t12-/m1/s1. The Bertz CT molecular complexity index is 1240. The third-order valence-electron chi connectivity index (χ3n) is 5.20. The lowest BCUT2D eigenvalue weighted by atomic mass is 10.1. The molecule has 1 aromatic heterocycles. The highest BCUT2D eigenvalue weighted by atomic mass is 19.4. The van der Waals surface area contributed by atoms with Crippen molar-refractivity contribution >= 4 is 34.3 Å². The topological polar surface area (TPSA) is 108 Å². The highest BCUT2D eigenvalue weighted by Crippen LogP contribution is 2.26. The molecule has 2 aromatic carbocycles. The number of nitrogens with zero attached hydrogens (tertiary/aromatic N) is 2. The Hall–Kier alpha value is -3.96. The van der Waals surface area contributed by atoms with E-state index in [1.807, 2.05) is 4.90 Å². The predicted molar refractivity (Wildman–Crippen MR) is 112 cm³/mol.